The second-order valence-electron chi connectivity index (χ2n) is 4.50. The monoisotopic (exact) mass is 286 g/mol. The van der Waals surface area contributed by atoms with Crippen LogP contribution in [0.3, 0.4) is 0 Å². The fourth-order valence-corrected chi connectivity index (χ4v) is 1.89. The van der Waals surface area contributed by atoms with Crippen molar-refractivity contribution in [1.29, 1.82) is 0 Å². The molecule has 20 heavy (non-hydrogen) atoms. The van der Waals surface area contributed by atoms with E-state index in [1.54, 1.807) is 12.1 Å². The average Bonchev–Trinajstić information content (AvgIpc) is 2.46. The van der Waals surface area contributed by atoms with Gasteiger partial charge in [0, 0.05) is 0 Å². The highest BCUT2D eigenvalue weighted by Crippen LogP contribution is 2.19. The Morgan fingerprint density at radius 3 is 2.50 bits per heavy atom. The van der Waals surface area contributed by atoms with Crippen molar-refractivity contribution >= 4 is 0 Å². The molecule has 1 aromatic carbocycles. The number of hydrogen-bond donors (Lipinski definition) is 4. The van der Waals surface area contributed by atoms with Crippen molar-refractivity contribution in [3.05, 3.63) is 24.3 Å². The normalized spacial score (nSPS) is 30.1. The number of phenols is 1. The van der Waals surface area contributed by atoms with Crippen LogP contribution >= 0.6 is 0 Å². The summed E-state index contributed by atoms with van der Waals surface area (Å²) in [7, 11) is 0. The van der Waals surface area contributed by atoms with Gasteiger partial charge in [0.2, 0.25) is 0 Å². The summed E-state index contributed by atoms with van der Waals surface area (Å²) in [5.41, 5.74) is 0. The molecule has 7 heteroatoms. The number of phenolic OH excluding ortho intramolecular Hbond substituents is 1. The Hall–Kier alpha value is -1.38. The number of benzene rings is 1. The lowest BCUT2D eigenvalue weighted by molar-refractivity contribution is -0.219. The maximum Gasteiger partial charge on any atom is 0.189 e. The van der Waals surface area contributed by atoms with Crippen LogP contribution in [0.4, 0.5) is 0 Å². The van der Waals surface area contributed by atoms with Gasteiger partial charge in [-0.05, 0) is 24.3 Å². The predicted octanol–water partition coefficient (Wildman–Crippen LogP) is -0.773. The van der Waals surface area contributed by atoms with Crippen LogP contribution in [0.25, 0.3) is 0 Å². The third kappa shape index (κ3) is 3.59. The molecule has 1 aliphatic rings. The van der Waals surface area contributed by atoms with E-state index in [4.69, 9.17) is 24.4 Å². The Morgan fingerprint density at radius 2 is 1.85 bits per heavy atom. The lowest BCUT2D eigenvalue weighted by Gasteiger charge is -2.36. The van der Waals surface area contributed by atoms with E-state index in [0.29, 0.717) is 5.75 Å². The molecule has 1 aromatic rings. The van der Waals surface area contributed by atoms with Crippen LogP contribution in [0.2, 0.25) is 0 Å². The van der Waals surface area contributed by atoms with Crippen molar-refractivity contribution in [3.8, 4) is 11.5 Å². The molecule has 4 N–H and O–H groups in total. The maximum atomic E-state index is 9.82. The highest BCUT2D eigenvalue weighted by Gasteiger charge is 2.38. The fraction of sp³-hybridized carbons (Fsp3) is 0.538. The molecule has 1 fully saturated rings. The van der Waals surface area contributed by atoms with Gasteiger partial charge < -0.3 is 34.6 Å². The van der Waals surface area contributed by atoms with Gasteiger partial charge in [-0.2, -0.15) is 0 Å². The van der Waals surface area contributed by atoms with Gasteiger partial charge in [-0.15, -0.1) is 0 Å². The van der Waals surface area contributed by atoms with Crippen LogP contribution in [-0.2, 0) is 9.47 Å². The van der Waals surface area contributed by atoms with Crippen molar-refractivity contribution in [2.45, 2.75) is 24.4 Å². The van der Waals surface area contributed by atoms with Crippen molar-refractivity contribution in [2.24, 2.45) is 0 Å². The minimum atomic E-state index is -1.20. The Labute approximate surface area is 115 Å². The Balaban J connectivity index is 1.78. The molecular weight excluding hydrogens is 268 g/mol. The van der Waals surface area contributed by atoms with Crippen molar-refractivity contribution < 1.29 is 34.6 Å². The highest BCUT2D eigenvalue weighted by molar-refractivity contribution is 5.29. The van der Waals surface area contributed by atoms with E-state index in [9.17, 15) is 10.2 Å². The topological polar surface area (TPSA) is 109 Å². The Kier molecular flexibility index (Phi) is 5.16. The summed E-state index contributed by atoms with van der Waals surface area (Å²) in [6.45, 7) is -0.441. The molecule has 0 aromatic heterocycles. The lowest BCUT2D eigenvalue weighted by atomic mass is 10.0. The number of ether oxygens (including phenoxy) is 3. The summed E-state index contributed by atoms with van der Waals surface area (Å²) in [4.78, 5) is 0. The van der Waals surface area contributed by atoms with Gasteiger partial charge in [0.1, 0.15) is 35.9 Å². The third-order valence-electron chi connectivity index (χ3n) is 3.11. The van der Waals surface area contributed by atoms with Crippen molar-refractivity contribution in [1.82, 2.24) is 0 Å². The summed E-state index contributed by atoms with van der Waals surface area (Å²) < 4.78 is 15.7. The quantitative estimate of drug-likeness (QED) is 0.526. The molecule has 112 valence electrons. The third-order valence-corrected chi connectivity index (χ3v) is 3.11. The van der Waals surface area contributed by atoms with Gasteiger partial charge in [0.15, 0.2) is 6.79 Å². The smallest absolute Gasteiger partial charge is 0.189 e. The van der Waals surface area contributed by atoms with E-state index in [-0.39, 0.29) is 25.8 Å². The van der Waals surface area contributed by atoms with E-state index in [2.05, 4.69) is 0 Å². The first-order valence-corrected chi connectivity index (χ1v) is 6.24. The summed E-state index contributed by atoms with van der Waals surface area (Å²) in [6.07, 6.45) is -3.88. The molecule has 0 radical (unpaired) electrons. The molecule has 2 rings (SSSR count). The second kappa shape index (κ2) is 6.87. The van der Waals surface area contributed by atoms with E-state index < -0.39 is 24.4 Å². The number of rotatable bonds is 5. The maximum absolute atomic E-state index is 9.82. The molecule has 4 atom stereocenters. The van der Waals surface area contributed by atoms with E-state index >= 15 is 0 Å². The molecule has 0 amide bonds. The van der Waals surface area contributed by atoms with Crippen LogP contribution in [0.5, 0.6) is 11.5 Å². The molecule has 7 nitrogen and oxygen atoms in total. The van der Waals surface area contributed by atoms with E-state index in [0.717, 1.165) is 0 Å². The first kappa shape index (κ1) is 15.0. The number of hydrogen-bond acceptors (Lipinski definition) is 7. The number of aliphatic hydroxyl groups is 3. The first-order valence-electron chi connectivity index (χ1n) is 6.24. The van der Waals surface area contributed by atoms with Gasteiger partial charge in [0.25, 0.3) is 0 Å². The van der Waals surface area contributed by atoms with E-state index in [1.807, 2.05) is 0 Å². The Morgan fingerprint density at radius 1 is 1.15 bits per heavy atom. The molecule has 0 aliphatic carbocycles. The summed E-state index contributed by atoms with van der Waals surface area (Å²) >= 11 is 0. The minimum absolute atomic E-state index is 0.0579. The van der Waals surface area contributed by atoms with Gasteiger partial charge in [0.05, 0.1) is 13.2 Å². The van der Waals surface area contributed by atoms with Crippen molar-refractivity contribution in [2.75, 3.05) is 20.0 Å². The number of aliphatic hydroxyl groups excluding tert-OH is 3. The second-order valence-corrected chi connectivity index (χ2v) is 4.50. The first-order chi connectivity index (χ1) is 9.61. The van der Waals surface area contributed by atoms with Crippen LogP contribution in [-0.4, -0.2) is 64.8 Å². The molecule has 1 saturated heterocycles. The molecular formula is C13H18O7. The SMILES string of the molecule is OCC1OC[C@@H](OCOc2ccc(O)cc2)C(O)C1O. The van der Waals surface area contributed by atoms with E-state index in [1.165, 1.54) is 12.1 Å². The standard InChI is InChI=1S/C13H18O7/c14-5-10-12(16)13(17)11(6-18-10)20-7-19-9-3-1-8(15)2-4-9/h1-4,10-17H,5-7H2/t10?,11-,12?,13?/m1/s1. The summed E-state index contributed by atoms with van der Waals surface area (Å²) in [5, 5.41) is 37.5. The van der Waals surface area contributed by atoms with Crippen LogP contribution in [0, 0.1) is 0 Å². The number of aromatic hydroxyl groups is 1. The van der Waals surface area contributed by atoms with Gasteiger partial charge in [-0.3, -0.25) is 0 Å². The zero-order valence-corrected chi connectivity index (χ0v) is 10.8. The average molecular weight is 286 g/mol. The molecule has 0 bridgehead atoms. The molecule has 1 aliphatic heterocycles. The predicted molar refractivity (Wildman–Crippen MR) is 67.3 cm³/mol. The fourth-order valence-electron chi connectivity index (χ4n) is 1.89. The summed E-state index contributed by atoms with van der Waals surface area (Å²) in [5.74, 6) is 0.635. The molecule has 0 spiro atoms. The van der Waals surface area contributed by atoms with Crippen LogP contribution in [0.15, 0.2) is 24.3 Å². The summed E-state index contributed by atoms with van der Waals surface area (Å²) in [6, 6.07) is 6.10. The van der Waals surface area contributed by atoms with Crippen LogP contribution < -0.4 is 4.74 Å². The Bertz CT molecular complexity index is 408. The zero-order valence-electron chi connectivity index (χ0n) is 10.8. The van der Waals surface area contributed by atoms with Gasteiger partial charge >= 0.3 is 0 Å². The zero-order chi connectivity index (χ0) is 14.5. The molecule has 3 unspecified atom stereocenters. The highest BCUT2D eigenvalue weighted by atomic mass is 16.7. The van der Waals surface area contributed by atoms with Gasteiger partial charge in [-0.1, -0.05) is 0 Å². The molecule has 1 heterocycles. The van der Waals surface area contributed by atoms with Crippen molar-refractivity contribution in [3.63, 3.8) is 0 Å². The lowest BCUT2D eigenvalue weighted by Crippen LogP contribution is -2.55. The molecule has 0 saturated carbocycles. The minimum Gasteiger partial charge on any atom is -0.508 e. The van der Waals surface area contributed by atoms with Gasteiger partial charge in [-0.25, -0.2) is 0 Å². The van der Waals surface area contributed by atoms with Crippen LogP contribution in [0.1, 0.15) is 0 Å². The largest absolute Gasteiger partial charge is 0.508 e.